The third-order valence-electron chi connectivity index (χ3n) is 2.86. The summed E-state index contributed by atoms with van der Waals surface area (Å²) in [6.07, 6.45) is -0.270. The maximum absolute atomic E-state index is 11.7. The fraction of sp³-hybridized carbons (Fsp3) is 0.818. The largest absolute Gasteiger partial charge is 0.481 e. The molecule has 0 aliphatic carbocycles. The van der Waals surface area contributed by atoms with Gasteiger partial charge in [0.15, 0.2) is 9.84 Å². The Labute approximate surface area is 112 Å². The zero-order chi connectivity index (χ0) is 14.6. The van der Waals surface area contributed by atoms with Crippen LogP contribution in [0.25, 0.3) is 0 Å². The van der Waals surface area contributed by atoms with Crippen molar-refractivity contribution in [1.29, 1.82) is 0 Å². The first-order valence-corrected chi connectivity index (χ1v) is 7.97. The standard InChI is InChI=1S/C11H20N2O5S/c1-8(2)12-10(14)6-13-3-4-19(17,18)7-9(13)5-11(15)16/h8-9H,3-7H2,1-2H3,(H,12,14)(H,15,16). The lowest BCUT2D eigenvalue weighted by molar-refractivity contribution is -0.139. The summed E-state index contributed by atoms with van der Waals surface area (Å²) in [6.45, 7) is 3.89. The van der Waals surface area contributed by atoms with Crippen molar-refractivity contribution in [2.45, 2.75) is 32.4 Å². The molecule has 0 aromatic heterocycles. The third-order valence-corrected chi connectivity index (χ3v) is 4.56. The smallest absolute Gasteiger partial charge is 0.304 e. The van der Waals surface area contributed by atoms with Gasteiger partial charge in [-0.15, -0.1) is 0 Å². The Hall–Kier alpha value is -1.15. The van der Waals surface area contributed by atoms with Crippen molar-refractivity contribution >= 4 is 21.7 Å². The molecule has 0 saturated carbocycles. The van der Waals surface area contributed by atoms with E-state index in [1.807, 2.05) is 13.8 Å². The Morgan fingerprint density at radius 2 is 2.05 bits per heavy atom. The van der Waals surface area contributed by atoms with E-state index >= 15 is 0 Å². The van der Waals surface area contributed by atoms with Crippen molar-refractivity contribution in [3.05, 3.63) is 0 Å². The number of rotatable bonds is 5. The highest BCUT2D eigenvalue weighted by molar-refractivity contribution is 7.91. The molecule has 1 heterocycles. The minimum absolute atomic E-state index is 0.000975. The molecule has 1 amide bonds. The molecule has 7 nitrogen and oxygen atoms in total. The van der Waals surface area contributed by atoms with Crippen LogP contribution in [0.2, 0.25) is 0 Å². The second-order valence-corrected chi connectivity index (χ2v) is 7.29. The van der Waals surface area contributed by atoms with Gasteiger partial charge in [-0.2, -0.15) is 0 Å². The van der Waals surface area contributed by atoms with E-state index in [0.29, 0.717) is 0 Å². The molecule has 0 aromatic rings. The lowest BCUT2D eigenvalue weighted by atomic mass is 10.2. The molecule has 1 rings (SSSR count). The van der Waals surface area contributed by atoms with Gasteiger partial charge >= 0.3 is 5.97 Å². The zero-order valence-corrected chi connectivity index (χ0v) is 11.9. The number of hydrogen-bond acceptors (Lipinski definition) is 5. The Morgan fingerprint density at radius 3 is 2.58 bits per heavy atom. The molecule has 0 aromatic carbocycles. The molecule has 1 unspecified atom stereocenters. The number of nitrogens with zero attached hydrogens (tertiary/aromatic N) is 1. The third kappa shape index (κ3) is 5.56. The van der Waals surface area contributed by atoms with Crippen molar-refractivity contribution < 1.29 is 23.1 Å². The van der Waals surface area contributed by atoms with Gasteiger partial charge in [0.2, 0.25) is 5.91 Å². The highest BCUT2D eigenvalue weighted by atomic mass is 32.2. The number of sulfone groups is 1. The molecule has 19 heavy (non-hydrogen) atoms. The van der Waals surface area contributed by atoms with Crippen molar-refractivity contribution in [3.8, 4) is 0 Å². The summed E-state index contributed by atoms with van der Waals surface area (Å²) in [5, 5.41) is 11.5. The number of hydrogen-bond donors (Lipinski definition) is 2. The molecule has 2 N–H and O–H groups in total. The van der Waals surface area contributed by atoms with Crippen LogP contribution in [0.3, 0.4) is 0 Å². The maximum atomic E-state index is 11.7. The average Bonchev–Trinajstić information content (AvgIpc) is 2.19. The molecule has 1 atom stereocenters. The van der Waals surface area contributed by atoms with Crippen molar-refractivity contribution in [3.63, 3.8) is 0 Å². The predicted molar refractivity (Wildman–Crippen MR) is 69.5 cm³/mol. The zero-order valence-electron chi connectivity index (χ0n) is 11.1. The molecule has 0 bridgehead atoms. The van der Waals surface area contributed by atoms with Crippen molar-refractivity contribution in [2.75, 3.05) is 24.6 Å². The van der Waals surface area contributed by atoms with E-state index in [1.54, 1.807) is 4.90 Å². The van der Waals surface area contributed by atoms with Crippen LogP contribution in [0.5, 0.6) is 0 Å². The van der Waals surface area contributed by atoms with Crippen molar-refractivity contribution in [2.24, 2.45) is 0 Å². The lowest BCUT2D eigenvalue weighted by Crippen LogP contribution is -2.53. The number of carbonyl (C=O) groups excluding carboxylic acids is 1. The van der Waals surface area contributed by atoms with Gasteiger partial charge in [0.05, 0.1) is 24.5 Å². The van der Waals surface area contributed by atoms with E-state index in [-0.39, 0.29) is 43.0 Å². The van der Waals surface area contributed by atoms with E-state index in [2.05, 4.69) is 5.32 Å². The fourth-order valence-corrected chi connectivity index (χ4v) is 3.66. The molecule has 8 heteroatoms. The molecule has 1 fully saturated rings. The van der Waals surface area contributed by atoms with Crippen LogP contribution in [-0.4, -0.2) is 67.0 Å². The van der Waals surface area contributed by atoms with E-state index in [4.69, 9.17) is 5.11 Å². The SMILES string of the molecule is CC(C)NC(=O)CN1CCS(=O)(=O)CC1CC(=O)O. The Bertz CT molecular complexity index is 446. The molecule has 0 spiro atoms. The van der Waals surface area contributed by atoms with E-state index in [0.717, 1.165) is 0 Å². The highest BCUT2D eigenvalue weighted by Gasteiger charge is 2.33. The molecular formula is C11H20N2O5S. The lowest BCUT2D eigenvalue weighted by Gasteiger charge is -2.34. The Kier molecular flexibility index (Phi) is 5.30. The molecule has 1 saturated heterocycles. The van der Waals surface area contributed by atoms with Gasteiger partial charge in [0, 0.05) is 18.6 Å². The van der Waals surface area contributed by atoms with Crippen molar-refractivity contribution in [1.82, 2.24) is 10.2 Å². The van der Waals surface area contributed by atoms with Crippen LogP contribution in [0, 0.1) is 0 Å². The van der Waals surface area contributed by atoms with Gasteiger partial charge in [-0.3, -0.25) is 14.5 Å². The van der Waals surface area contributed by atoms with Gasteiger partial charge in [0.1, 0.15) is 0 Å². The molecule has 110 valence electrons. The highest BCUT2D eigenvalue weighted by Crippen LogP contribution is 2.14. The molecule has 1 aliphatic heterocycles. The summed E-state index contributed by atoms with van der Waals surface area (Å²) in [6, 6.07) is -0.631. The summed E-state index contributed by atoms with van der Waals surface area (Å²) in [7, 11) is -3.21. The number of carbonyl (C=O) groups is 2. The van der Waals surface area contributed by atoms with Crippen LogP contribution in [-0.2, 0) is 19.4 Å². The number of carboxylic acid groups (broad SMARTS) is 1. The average molecular weight is 292 g/mol. The summed E-state index contributed by atoms with van der Waals surface area (Å²) >= 11 is 0. The van der Waals surface area contributed by atoms with Gasteiger partial charge in [-0.05, 0) is 13.8 Å². The molecule has 0 radical (unpaired) electrons. The second-order valence-electron chi connectivity index (χ2n) is 5.06. The summed E-state index contributed by atoms with van der Waals surface area (Å²) < 4.78 is 23.1. The quantitative estimate of drug-likeness (QED) is 0.679. The first kappa shape index (κ1) is 15.9. The van der Waals surface area contributed by atoms with Crippen LogP contribution >= 0.6 is 0 Å². The van der Waals surface area contributed by atoms with Gasteiger partial charge in [-0.25, -0.2) is 8.42 Å². The number of aliphatic carboxylic acids is 1. The number of carboxylic acids is 1. The Balaban J connectivity index is 2.68. The predicted octanol–water partition coefficient (Wildman–Crippen LogP) is -0.915. The Morgan fingerprint density at radius 1 is 1.42 bits per heavy atom. The summed E-state index contributed by atoms with van der Waals surface area (Å²) in [4.78, 5) is 24.1. The topological polar surface area (TPSA) is 104 Å². The first-order valence-electron chi connectivity index (χ1n) is 6.15. The normalized spacial score (nSPS) is 23.2. The van der Waals surface area contributed by atoms with E-state index < -0.39 is 21.8 Å². The van der Waals surface area contributed by atoms with E-state index in [9.17, 15) is 18.0 Å². The fourth-order valence-electron chi connectivity index (χ4n) is 2.07. The van der Waals surface area contributed by atoms with Crippen LogP contribution < -0.4 is 5.32 Å². The summed E-state index contributed by atoms with van der Waals surface area (Å²) in [5.74, 6) is -1.51. The summed E-state index contributed by atoms with van der Waals surface area (Å²) in [5.41, 5.74) is 0. The monoisotopic (exact) mass is 292 g/mol. The second kappa shape index (κ2) is 6.33. The number of amides is 1. The maximum Gasteiger partial charge on any atom is 0.304 e. The molecule has 1 aliphatic rings. The van der Waals surface area contributed by atoms with Gasteiger partial charge in [0.25, 0.3) is 0 Å². The van der Waals surface area contributed by atoms with Crippen LogP contribution in [0.4, 0.5) is 0 Å². The van der Waals surface area contributed by atoms with Gasteiger partial charge in [-0.1, -0.05) is 0 Å². The minimum Gasteiger partial charge on any atom is -0.481 e. The van der Waals surface area contributed by atoms with Crippen LogP contribution in [0.15, 0.2) is 0 Å². The van der Waals surface area contributed by atoms with E-state index in [1.165, 1.54) is 0 Å². The minimum atomic E-state index is -3.21. The first-order chi connectivity index (χ1) is 8.69. The molecular weight excluding hydrogens is 272 g/mol. The van der Waals surface area contributed by atoms with Gasteiger partial charge < -0.3 is 10.4 Å². The number of nitrogens with one attached hydrogen (secondary N) is 1. The van der Waals surface area contributed by atoms with Crippen LogP contribution in [0.1, 0.15) is 20.3 Å².